The Morgan fingerprint density at radius 1 is 0.955 bits per heavy atom. The Kier molecular flexibility index (Phi) is 9.15. The van der Waals surface area contributed by atoms with Crippen LogP contribution in [0.1, 0.15) is 85.1 Å². The van der Waals surface area contributed by atoms with Gasteiger partial charge in [0.05, 0.1) is 0 Å². The van der Waals surface area contributed by atoms with E-state index in [0.717, 1.165) is 67.6 Å². The van der Waals surface area contributed by atoms with E-state index in [1.54, 1.807) is 0 Å². The van der Waals surface area contributed by atoms with E-state index in [-0.39, 0.29) is 42.5 Å². The van der Waals surface area contributed by atoms with Crippen molar-refractivity contribution in [2.24, 2.45) is 11.8 Å². The summed E-state index contributed by atoms with van der Waals surface area (Å²) < 4.78 is 0. The number of thiol groups is 1. The van der Waals surface area contributed by atoms with Crippen molar-refractivity contribution < 1.29 is 29.4 Å². The van der Waals surface area contributed by atoms with Gasteiger partial charge in [-0.25, -0.2) is 0 Å². The molecule has 3 aliphatic heterocycles. The van der Waals surface area contributed by atoms with Crippen LogP contribution in [0.5, 0.6) is 0 Å². The van der Waals surface area contributed by atoms with E-state index in [1.165, 1.54) is 11.8 Å². The highest BCUT2D eigenvalue weighted by Gasteiger charge is 2.54. The molecule has 2 fully saturated rings. The van der Waals surface area contributed by atoms with Gasteiger partial charge in [-0.2, -0.15) is 0 Å². The number of aromatic amines is 2. The third-order valence-electron chi connectivity index (χ3n) is 9.68. The number of aliphatic carboxylic acids is 2. The second kappa shape index (κ2) is 12.7. The molecule has 11 heteroatoms. The summed E-state index contributed by atoms with van der Waals surface area (Å²) in [5.41, 5.74) is 9.73. The SMILES string of the molecule is CCC1=C(C)/C(=C/c2[nH]c(Cc3[nH]c(CC4NC(=O)[C@H](C)[C@H]4[C@H]4C[SH+]4)c(C)c3CCC(=O)O)c(CCC(=O)O)c2C)NC1=O. The zero-order valence-electron chi connectivity index (χ0n) is 26.0. The predicted molar refractivity (Wildman–Crippen MR) is 171 cm³/mol. The Balaban J connectivity index is 1.51. The van der Waals surface area contributed by atoms with Gasteiger partial charge in [0.15, 0.2) is 11.0 Å². The lowest BCUT2D eigenvalue weighted by atomic mass is 9.86. The van der Waals surface area contributed by atoms with Gasteiger partial charge in [-0.05, 0) is 85.7 Å². The van der Waals surface area contributed by atoms with E-state index in [1.807, 2.05) is 40.7 Å². The Morgan fingerprint density at radius 2 is 1.57 bits per heavy atom. The van der Waals surface area contributed by atoms with Gasteiger partial charge in [-0.15, -0.1) is 0 Å². The molecule has 1 unspecified atom stereocenters. The van der Waals surface area contributed by atoms with Gasteiger partial charge in [-0.1, -0.05) is 13.8 Å². The van der Waals surface area contributed by atoms with Gasteiger partial charge in [-0.3, -0.25) is 19.2 Å². The maximum Gasteiger partial charge on any atom is 0.303 e. The Bertz CT molecular complexity index is 1580. The molecule has 2 aromatic heterocycles. The van der Waals surface area contributed by atoms with Crippen LogP contribution < -0.4 is 10.6 Å². The van der Waals surface area contributed by atoms with Crippen molar-refractivity contribution in [3.8, 4) is 0 Å². The molecular weight excluding hydrogens is 580 g/mol. The quantitative estimate of drug-likeness (QED) is 0.114. The minimum atomic E-state index is -0.886. The number of rotatable bonds is 13. The third-order valence-corrected chi connectivity index (χ3v) is 10.8. The van der Waals surface area contributed by atoms with Crippen molar-refractivity contribution in [1.82, 2.24) is 20.6 Å². The molecule has 5 rings (SSSR count). The number of carboxylic acid groups (broad SMARTS) is 2. The van der Waals surface area contributed by atoms with Gasteiger partial charge in [0.1, 0.15) is 0 Å². The van der Waals surface area contributed by atoms with Crippen LogP contribution in [0.4, 0.5) is 0 Å². The Morgan fingerprint density at radius 3 is 2.14 bits per heavy atom. The molecule has 0 saturated carbocycles. The van der Waals surface area contributed by atoms with Crippen LogP contribution in [0.3, 0.4) is 0 Å². The lowest BCUT2D eigenvalue weighted by molar-refractivity contribution is -0.138. The van der Waals surface area contributed by atoms with Crippen molar-refractivity contribution in [3.05, 3.63) is 61.9 Å². The summed E-state index contributed by atoms with van der Waals surface area (Å²) in [4.78, 5) is 55.3. The number of carbonyl (C=O) groups excluding carboxylic acids is 2. The molecule has 3 aliphatic rings. The molecule has 2 aromatic rings. The van der Waals surface area contributed by atoms with Gasteiger partial charge in [0.25, 0.3) is 5.91 Å². The van der Waals surface area contributed by atoms with Crippen LogP contribution in [-0.2, 0) is 56.6 Å². The monoisotopic (exact) mass is 623 g/mol. The largest absolute Gasteiger partial charge is 0.481 e. The third kappa shape index (κ3) is 6.38. The van der Waals surface area contributed by atoms with E-state index in [9.17, 15) is 29.4 Å². The van der Waals surface area contributed by atoms with Gasteiger partial charge >= 0.3 is 11.9 Å². The maximum atomic E-state index is 12.6. The lowest BCUT2D eigenvalue weighted by Crippen LogP contribution is -2.33. The first-order valence-electron chi connectivity index (χ1n) is 15.4. The number of allylic oxidation sites excluding steroid dienone is 1. The first-order chi connectivity index (χ1) is 20.9. The zero-order valence-corrected chi connectivity index (χ0v) is 26.9. The fourth-order valence-corrected chi connectivity index (χ4v) is 8.11. The van der Waals surface area contributed by atoms with E-state index in [2.05, 4.69) is 20.6 Å². The summed E-state index contributed by atoms with van der Waals surface area (Å²) in [5.74, 6) is -0.374. The number of H-pyrrole nitrogens is 2. The minimum absolute atomic E-state index is 0.00996. The molecule has 236 valence electrons. The highest BCUT2D eigenvalue weighted by Crippen LogP contribution is 2.37. The first kappa shape index (κ1) is 31.7. The van der Waals surface area contributed by atoms with Crippen LogP contribution in [0.15, 0.2) is 16.8 Å². The van der Waals surface area contributed by atoms with E-state index in [0.29, 0.717) is 37.4 Å². The zero-order chi connectivity index (χ0) is 31.9. The second-order valence-corrected chi connectivity index (χ2v) is 13.8. The summed E-state index contributed by atoms with van der Waals surface area (Å²) in [6, 6.07) is 0.0260. The highest BCUT2D eigenvalue weighted by molar-refractivity contribution is 7.86. The average molecular weight is 624 g/mol. The number of aromatic nitrogens is 2. The summed E-state index contributed by atoms with van der Waals surface area (Å²) in [6.45, 7) is 9.85. The van der Waals surface area contributed by atoms with Crippen LogP contribution in [-0.4, -0.2) is 61.0 Å². The molecule has 10 nitrogen and oxygen atoms in total. The maximum absolute atomic E-state index is 12.6. The molecule has 0 aliphatic carbocycles. The number of hydrogen-bond donors (Lipinski definition) is 6. The minimum Gasteiger partial charge on any atom is -0.481 e. The van der Waals surface area contributed by atoms with Gasteiger partial charge in [0.2, 0.25) is 5.91 Å². The van der Waals surface area contributed by atoms with Crippen molar-refractivity contribution in [1.29, 1.82) is 0 Å². The molecule has 0 bridgehead atoms. The van der Waals surface area contributed by atoms with E-state index >= 15 is 0 Å². The van der Waals surface area contributed by atoms with Crippen LogP contribution in [0.25, 0.3) is 6.08 Å². The topological polar surface area (TPSA) is 164 Å². The van der Waals surface area contributed by atoms with Crippen LogP contribution >= 0.6 is 0 Å². The molecular formula is C33H43N4O6S+. The number of carbonyl (C=O) groups is 4. The summed E-state index contributed by atoms with van der Waals surface area (Å²) in [5, 5.41) is 25.7. The molecule has 2 saturated heterocycles. The normalized spacial score (nSPS) is 23.9. The summed E-state index contributed by atoms with van der Waals surface area (Å²) in [6.07, 6.45) is 4.29. The number of amides is 2. The van der Waals surface area contributed by atoms with Crippen LogP contribution in [0, 0.1) is 25.7 Å². The summed E-state index contributed by atoms with van der Waals surface area (Å²) >= 11 is 1.40. The van der Waals surface area contributed by atoms with Crippen molar-refractivity contribution >= 4 is 41.6 Å². The molecule has 0 aromatic carbocycles. The molecule has 0 radical (unpaired) electrons. The number of nitrogens with one attached hydrogen (secondary N) is 4. The number of hydrogen-bond acceptors (Lipinski definition) is 4. The second-order valence-electron chi connectivity index (χ2n) is 12.4. The van der Waals surface area contributed by atoms with Crippen LogP contribution in [0.2, 0.25) is 0 Å². The smallest absolute Gasteiger partial charge is 0.303 e. The molecule has 5 heterocycles. The molecule has 0 spiro atoms. The molecule has 44 heavy (non-hydrogen) atoms. The standard InChI is InChI=1S/C33H42N4O6S/c1-6-19-15(2)24(36-33(19)43)11-22-16(3)20(7-9-29(38)39)25(34-22)13-26-21(8-10-30(40)41)17(4)23(35-26)12-27-31(28-14-44-28)18(5)32(42)37-27/h11,18,27-28,31,34-35H,6-10,12-14H2,1-5H3,(H,36,43)(H,37,42)(H,38,39)(H,40,41)/p+1/b24-11-/t18-,27?,28-,31-/m1/s1. The van der Waals surface area contributed by atoms with E-state index in [4.69, 9.17) is 0 Å². The lowest BCUT2D eigenvalue weighted by Gasteiger charge is -2.17. The highest BCUT2D eigenvalue weighted by atomic mass is 32.2. The molecule has 2 amide bonds. The Labute approximate surface area is 261 Å². The van der Waals surface area contributed by atoms with Crippen molar-refractivity contribution in [2.45, 2.75) is 90.9 Å². The first-order valence-corrected chi connectivity index (χ1v) is 16.6. The van der Waals surface area contributed by atoms with Crippen molar-refractivity contribution in [3.63, 3.8) is 0 Å². The van der Waals surface area contributed by atoms with Gasteiger partial charge < -0.3 is 30.8 Å². The fraction of sp³-hybridized carbons (Fsp3) is 0.515. The summed E-state index contributed by atoms with van der Waals surface area (Å²) in [7, 11) is 0. The molecule has 4 atom stereocenters. The predicted octanol–water partition coefficient (Wildman–Crippen LogP) is 3.27. The van der Waals surface area contributed by atoms with Crippen molar-refractivity contribution in [2.75, 3.05) is 5.75 Å². The van der Waals surface area contributed by atoms with E-state index < -0.39 is 11.9 Å². The average Bonchev–Trinajstić information content (AvgIpc) is 3.53. The fourth-order valence-electron chi connectivity index (χ4n) is 7.03. The van der Waals surface area contributed by atoms with Gasteiger partial charge in [0, 0.05) is 77.6 Å². The molecule has 6 N–H and O–H groups in total. The Hall–Kier alpha value is -3.73. The number of carboxylic acids is 2.